The van der Waals surface area contributed by atoms with Gasteiger partial charge >= 0.3 is 0 Å². The number of hydrogen-bond donors (Lipinski definition) is 0. The zero-order valence-corrected chi connectivity index (χ0v) is 10.6. The maximum absolute atomic E-state index is 8.97. The summed E-state index contributed by atoms with van der Waals surface area (Å²) in [7, 11) is 1.63. The highest BCUT2D eigenvalue weighted by Gasteiger charge is 2.23. The predicted octanol–water partition coefficient (Wildman–Crippen LogP) is 3.32. The molecule has 0 unspecified atom stereocenters. The van der Waals surface area contributed by atoms with E-state index in [0.29, 0.717) is 18.8 Å². The predicted molar refractivity (Wildman–Crippen MR) is 72.1 cm³/mol. The SMILES string of the molecule is COc1ccc(CC#N)c2c1OCc1ccccc1-2. The van der Waals surface area contributed by atoms with Crippen LogP contribution in [0.4, 0.5) is 0 Å². The molecule has 0 fully saturated rings. The van der Waals surface area contributed by atoms with Gasteiger partial charge in [0.1, 0.15) is 6.61 Å². The monoisotopic (exact) mass is 251 g/mol. The number of nitriles is 1. The third-order valence-corrected chi connectivity index (χ3v) is 3.36. The Balaban J connectivity index is 2.29. The quantitative estimate of drug-likeness (QED) is 0.822. The van der Waals surface area contributed by atoms with Gasteiger partial charge in [0.25, 0.3) is 0 Å². The Hall–Kier alpha value is -2.47. The number of nitrogens with zero attached hydrogens (tertiary/aromatic N) is 1. The van der Waals surface area contributed by atoms with E-state index in [4.69, 9.17) is 14.7 Å². The van der Waals surface area contributed by atoms with Crippen molar-refractivity contribution in [1.82, 2.24) is 0 Å². The molecule has 1 aliphatic heterocycles. The summed E-state index contributed by atoms with van der Waals surface area (Å²) in [6, 6.07) is 14.1. The van der Waals surface area contributed by atoms with Crippen LogP contribution in [0.5, 0.6) is 11.5 Å². The maximum atomic E-state index is 8.97. The van der Waals surface area contributed by atoms with Crippen LogP contribution in [-0.4, -0.2) is 7.11 Å². The molecule has 0 N–H and O–H groups in total. The van der Waals surface area contributed by atoms with Crippen LogP contribution in [-0.2, 0) is 13.0 Å². The van der Waals surface area contributed by atoms with Crippen LogP contribution in [0.2, 0.25) is 0 Å². The Morgan fingerprint density at radius 2 is 2.11 bits per heavy atom. The second-order valence-electron chi connectivity index (χ2n) is 4.41. The lowest BCUT2D eigenvalue weighted by Gasteiger charge is -2.24. The summed E-state index contributed by atoms with van der Waals surface area (Å²) in [6.07, 6.45) is 0.365. The van der Waals surface area contributed by atoms with Crippen LogP contribution in [0.25, 0.3) is 11.1 Å². The molecule has 0 spiro atoms. The number of methoxy groups -OCH3 is 1. The number of fused-ring (bicyclic) bond motifs is 3. The fourth-order valence-electron chi connectivity index (χ4n) is 2.48. The molecule has 0 aliphatic carbocycles. The van der Waals surface area contributed by atoms with Crippen LogP contribution >= 0.6 is 0 Å². The molecule has 19 heavy (non-hydrogen) atoms. The number of benzene rings is 2. The van der Waals surface area contributed by atoms with Gasteiger partial charge in [-0.3, -0.25) is 0 Å². The first-order valence-corrected chi connectivity index (χ1v) is 6.13. The molecule has 2 aromatic carbocycles. The fraction of sp³-hybridized carbons (Fsp3) is 0.188. The molecule has 0 atom stereocenters. The van der Waals surface area contributed by atoms with Crippen molar-refractivity contribution in [2.45, 2.75) is 13.0 Å². The first-order valence-electron chi connectivity index (χ1n) is 6.13. The van der Waals surface area contributed by atoms with E-state index >= 15 is 0 Å². The Morgan fingerprint density at radius 1 is 1.26 bits per heavy atom. The summed E-state index contributed by atoms with van der Waals surface area (Å²) < 4.78 is 11.2. The van der Waals surface area contributed by atoms with Gasteiger partial charge in [0.05, 0.1) is 19.6 Å². The molecule has 0 amide bonds. The van der Waals surface area contributed by atoms with Crippen molar-refractivity contribution in [2.24, 2.45) is 0 Å². The van der Waals surface area contributed by atoms with Crippen molar-refractivity contribution >= 4 is 0 Å². The molecule has 0 aromatic heterocycles. The van der Waals surface area contributed by atoms with E-state index in [1.807, 2.05) is 30.3 Å². The van der Waals surface area contributed by atoms with E-state index in [0.717, 1.165) is 28.0 Å². The second kappa shape index (κ2) is 4.66. The van der Waals surface area contributed by atoms with Crippen LogP contribution in [0.1, 0.15) is 11.1 Å². The van der Waals surface area contributed by atoms with Gasteiger partial charge in [-0.15, -0.1) is 0 Å². The van der Waals surface area contributed by atoms with Crippen LogP contribution in [0.3, 0.4) is 0 Å². The van der Waals surface area contributed by atoms with Crippen LogP contribution in [0.15, 0.2) is 36.4 Å². The van der Waals surface area contributed by atoms with Gasteiger partial charge in [0.15, 0.2) is 11.5 Å². The third kappa shape index (κ3) is 1.82. The minimum atomic E-state index is 0.365. The molecule has 2 aromatic rings. The molecular weight excluding hydrogens is 238 g/mol. The molecular formula is C16H13NO2. The normalized spacial score (nSPS) is 11.8. The van der Waals surface area contributed by atoms with Crippen molar-refractivity contribution in [3.8, 4) is 28.7 Å². The van der Waals surface area contributed by atoms with Crippen molar-refractivity contribution in [1.29, 1.82) is 5.26 Å². The number of rotatable bonds is 2. The Bertz CT molecular complexity index is 671. The summed E-state index contributed by atoms with van der Waals surface area (Å²) in [5.74, 6) is 1.46. The minimum absolute atomic E-state index is 0.365. The van der Waals surface area contributed by atoms with Crippen molar-refractivity contribution in [2.75, 3.05) is 7.11 Å². The lowest BCUT2D eigenvalue weighted by atomic mass is 9.91. The first kappa shape index (κ1) is 11.6. The Labute approximate surface area is 112 Å². The van der Waals surface area contributed by atoms with E-state index in [-0.39, 0.29) is 0 Å². The highest BCUT2D eigenvalue weighted by molar-refractivity contribution is 5.81. The van der Waals surface area contributed by atoms with Crippen LogP contribution in [0, 0.1) is 11.3 Å². The lowest BCUT2D eigenvalue weighted by Crippen LogP contribution is -2.08. The maximum Gasteiger partial charge on any atom is 0.169 e. The van der Waals surface area contributed by atoms with E-state index in [2.05, 4.69) is 12.1 Å². The minimum Gasteiger partial charge on any atom is -0.493 e. The molecule has 1 aliphatic rings. The highest BCUT2D eigenvalue weighted by atomic mass is 16.5. The molecule has 0 saturated carbocycles. The Kier molecular flexibility index (Phi) is 2.85. The van der Waals surface area contributed by atoms with Gasteiger partial charge in [-0.1, -0.05) is 30.3 Å². The summed E-state index contributed by atoms with van der Waals surface area (Å²) in [5.41, 5.74) is 4.24. The Morgan fingerprint density at radius 3 is 2.89 bits per heavy atom. The van der Waals surface area contributed by atoms with Crippen molar-refractivity contribution in [3.63, 3.8) is 0 Å². The summed E-state index contributed by atoms with van der Waals surface area (Å²) in [5, 5.41) is 8.97. The topological polar surface area (TPSA) is 42.2 Å². The lowest BCUT2D eigenvalue weighted by molar-refractivity contribution is 0.281. The molecule has 0 bridgehead atoms. The largest absolute Gasteiger partial charge is 0.493 e. The first-order chi connectivity index (χ1) is 9.35. The third-order valence-electron chi connectivity index (χ3n) is 3.36. The zero-order chi connectivity index (χ0) is 13.2. The second-order valence-corrected chi connectivity index (χ2v) is 4.41. The fourth-order valence-corrected chi connectivity index (χ4v) is 2.48. The number of hydrogen-bond acceptors (Lipinski definition) is 3. The van der Waals surface area contributed by atoms with Gasteiger partial charge in [0.2, 0.25) is 0 Å². The van der Waals surface area contributed by atoms with Gasteiger partial charge in [-0.05, 0) is 22.8 Å². The van der Waals surface area contributed by atoms with Gasteiger partial charge in [-0.25, -0.2) is 0 Å². The van der Waals surface area contributed by atoms with Gasteiger partial charge < -0.3 is 9.47 Å². The van der Waals surface area contributed by atoms with Crippen molar-refractivity contribution in [3.05, 3.63) is 47.5 Å². The van der Waals surface area contributed by atoms with E-state index < -0.39 is 0 Å². The molecule has 0 saturated heterocycles. The molecule has 3 rings (SSSR count). The summed E-state index contributed by atoms with van der Waals surface area (Å²) in [4.78, 5) is 0. The van der Waals surface area contributed by atoms with Gasteiger partial charge in [0, 0.05) is 5.56 Å². The average Bonchev–Trinajstić information content (AvgIpc) is 2.47. The van der Waals surface area contributed by atoms with E-state index in [1.54, 1.807) is 7.11 Å². The average molecular weight is 251 g/mol. The highest BCUT2D eigenvalue weighted by Crippen LogP contribution is 2.45. The smallest absolute Gasteiger partial charge is 0.169 e. The number of ether oxygens (including phenoxy) is 2. The van der Waals surface area contributed by atoms with E-state index in [9.17, 15) is 0 Å². The van der Waals surface area contributed by atoms with Crippen LogP contribution < -0.4 is 9.47 Å². The molecule has 94 valence electrons. The molecule has 3 nitrogen and oxygen atoms in total. The molecule has 3 heteroatoms. The zero-order valence-electron chi connectivity index (χ0n) is 10.6. The molecule has 0 radical (unpaired) electrons. The summed E-state index contributed by atoms with van der Waals surface area (Å²) >= 11 is 0. The summed E-state index contributed by atoms with van der Waals surface area (Å²) in [6.45, 7) is 0.537. The van der Waals surface area contributed by atoms with Gasteiger partial charge in [-0.2, -0.15) is 5.26 Å². The van der Waals surface area contributed by atoms with E-state index in [1.165, 1.54) is 0 Å². The standard InChI is InChI=1S/C16H13NO2/c1-18-14-7-6-11(8-9-17)15-13-5-3-2-4-12(13)10-19-16(14)15/h2-7H,8,10H2,1H3. The molecule has 1 heterocycles. The van der Waals surface area contributed by atoms with Crippen molar-refractivity contribution < 1.29 is 9.47 Å².